The molecule has 0 radical (unpaired) electrons. The van der Waals surface area contributed by atoms with E-state index in [1.54, 1.807) is 0 Å². The molecule has 5 rings (SSSR count). The van der Waals surface area contributed by atoms with E-state index in [0.29, 0.717) is 28.5 Å². The van der Waals surface area contributed by atoms with E-state index in [0.717, 1.165) is 28.2 Å². The molecule has 8 heteroatoms. The van der Waals surface area contributed by atoms with E-state index in [9.17, 15) is 4.79 Å². The summed E-state index contributed by atoms with van der Waals surface area (Å²) in [6.45, 7) is 1.91. The lowest BCUT2D eigenvalue weighted by Gasteiger charge is -2.17. The number of aromatic nitrogens is 4. The maximum atomic E-state index is 13.1. The molecule has 0 unspecified atom stereocenters. The van der Waals surface area contributed by atoms with Gasteiger partial charge in [-0.05, 0) is 36.8 Å². The molecule has 0 aliphatic carbocycles. The summed E-state index contributed by atoms with van der Waals surface area (Å²) >= 11 is 0. The topological polar surface area (TPSA) is 102 Å². The number of ether oxygens (including phenoxy) is 1. The van der Waals surface area contributed by atoms with Crippen LogP contribution in [0.1, 0.15) is 16.1 Å². The van der Waals surface area contributed by atoms with Gasteiger partial charge in [0, 0.05) is 34.3 Å². The van der Waals surface area contributed by atoms with Gasteiger partial charge >= 0.3 is 5.97 Å². The SMILES string of the molecule is COC(=O)c1c(Nc2ccc(Nc3cc(C)ncn3)cc2)nnc(-c2ccccc2)c1-c1ccccc1. The fourth-order valence-electron chi connectivity index (χ4n) is 3.95. The van der Waals surface area contributed by atoms with E-state index in [-0.39, 0.29) is 0 Å². The number of hydrogen-bond donors (Lipinski definition) is 2. The highest BCUT2D eigenvalue weighted by Gasteiger charge is 2.25. The first-order valence-electron chi connectivity index (χ1n) is 11.6. The number of rotatable bonds is 7. The molecular weight excluding hydrogens is 464 g/mol. The number of benzene rings is 3. The largest absolute Gasteiger partial charge is 0.465 e. The first-order chi connectivity index (χ1) is 18.1. The third-order valence-electron chi connectivity index (χ3n) is 5.70. The summed E-state index contributed by atoms with van der Waals surface area (Å²) in [5, 5.41) is 15.4. The van der Waals surface area contributed by atoms with Gasteiger partial charge in [0.1, 0.15) is 23.4 Å². The highest BCUT2D eigenvalue weighted by Crippen LogP contribution is 2.37. The van der Waals surface area contributed by atoms with Crippen molar-refractivity contribution in [3.8, 4) is 22.4 Å². The predicted octanol–water partition coefficient (Wildman–Crippen LogP) is 6.18. The van der Waals surface area contributed by atoms with Gasteiger partial charge in [-0.15, -0.1) is 10.2 Å². The van der Waals surface area contributed by atoms with Crippen LogP contribution in [0.15, 0.2) is 97.3 Å². The van der Waals surface area contributed by atoms with Gasteiger partial charge in [0.2, 0.25) is 0 Å². The summed E-state index contributed by atoms with van der Waals surface area (Å²) in [4.78, 5) is 21.5. The van der Waals surface area contributed by atoms with Crippen LogP contribution in [0.5, 0.6) is 0 Å². The molecule has 0 aliphatic heterocycles. The molecule has 0 bridgehead atoms. The summed E-state index contributed by atoms with van der Waals surface area (Å²) < 4.78 is 5.19. The molecule has 8 nitrogen and oxygen atoms in total. The Morgan fingerprint density at radius 1 is 0.757 bits per heavy atom. The lowest BCUT2D eigenvalue weighted by Crippen LogP contribution is -2.12. The maximum absolute atomic E-state index is 13.1. The second-order valence-electron chi connectivity index (χ2n) is 8.24. The molecule has 2 heterocycles. The Labute approximate surface area is 214 Å². The number of methoxy groups -OCH3 is 1. The van der Waals surface area contributed by atoms with Crippen molar-refractivity contribution in [1.82, 2.24) is 20.2 Å². The molecular formula is C29H24N6O2. The Balaban J connectivity index is 1.54. The third kappa shape index (κ3) is 5.28. The number of anilines is 4. The Morgan fingerprint density at radius 3 is 2.00 bits per heavy atom. The first kappa shape index (κ1) is 23.6. The van der Waals surface area contributed by atoms with Crippen LogP contribution in [0.4, 0.5) is 23.0 Å². The van der Waals surface area contributed by atoms with Crippen LogP contribution >= 0.6 is 0 Å². The highest BCUT2D eigenvalue weighted by atomic mass is 16.5. The number of esters is 1. The number of aryl methyl sites for hydroxylation is 1. The molecule has 5 aromatic rings. The van der Waals surface area contributed by atoms with E-state index in [1.165, 1.54) is 13.4 Å². The second-order valence-corrected chi connectivity index (χ2v) is 8.24. The Kier molecular flexibility index (Phi) is 6.80. The molecule has 182 valence electrons. The van der Waals surface area contributed by atoms with Gasteiger partial charge in [0.05, 0.1) is 7.11 Å². The van der Waals surface area contributed by atoms with Crippen molar-refractivity contribution in [1.29, 1.82) is 0 Å². The van der Waals surface area contributed by atoms with E-state index in [2.05, 4.69) is 30.8 Å². The monoisotopic (exact) mass is 488 g/mol. The average molecular weight is 489 g/mol. The smallest absolute Gasteiger partial charge is 0.342 e. The standard InChI is InChI=1S/C29H24N6O2/c1-19-17-24(31-18-30-19)32-22-13-15-23(16-14-22)33-28-26(29(36)37-2)25(20-9-5-3-6-10-20)27(34-35-28)21-11-7-4-8-12-21/h3-18H,1-2H3,(H,33,35)(H,30,31,32). The molecule has 0 atom stereocenters. The van der Waals surface area contributed by atoms with Crippen molar-refractivity contribution in [3.05, 3.63) is 109 Å². The van der Waals surface area contributed by atoms with Crippen molar-refractivity contribution in [3.63, 3.8) is 0 Å². The van der Waals surface area contributed by atoms with Crippen molar-refractivity contribution in [2.45, 2.75) is 6.92 Å². The van der Waals surface area contributed by atoms with E-state index >= 15 is 0 Å². The third-order valence-corrected chi connectivity index (χ3v) is 5.70. The van der Waals surface area contributed by atoms with Crippen molar-refractivity contribution < 1.29 is 9.53 Å². The number of nitrogens with zero attached hydrogens (tertiary/aromatic N) is 4. The molecule has 3 aromatic carbocycles. The normalized spacial score (nSPS) is 10.5. The molecule has 0 saturated carbocycles. The summed E-state index contributed by atoms with van der Waals surface area (Å²) in [6.07, 6.45) is 1.52. The van der Waals surface area contributed by atoms with Crippen LogP contribution in [-0.2, 0) is 4.74 Å². The van der Waals surface area contributed by atoms with Crippen LogP contribution in [0.25, 0.3) is 22.4 Å². The lowest BCUT2D eigenvalue weighted by atomic mass is 9.95. The molecule has 0 amide bonds. The minimum Gasteiger partial charge on any atom is -0.465 e. The Morgan fingerprint density at radius 2 is 1.38 bits per heavy atom. The summed E-state index contributed by atoms with van der Waals surface area (Å²) in [5.41, 5.74) is 5.69. The Bertz CT molecular complexity index is 1520. The van der Waals surface area contributed by atoms with Crippen molar-refractivity contribution >= 4 is 29.0 Å². The van der Waals surface area contributed by atoms with Gasteiger partial charge in [0.15, 0.2) is 5.82 Å². The first-order valence-corrected chi connectivity index (χ1v) is 11.6. The molecule has 0 aliphatic rings. The van der Waals surface area contributed by atoms with Crippen LogP contribution in [0, 0.1) is 6.92 Å². The van der Waals surface area contributed by atoms with Crippen LogP contribution < -0.4 is 10.6 Å². The summed E-state index contributed by atoms with van der Waals surface area (Å²) in [7, 11) is 1.36. The zero-order valence-electron chi connectivity index (χ0n) is 20.3. The van der Waals surface area contributed by atoms with Gasteiger partial charge in [-0.1, -0.05) is 60.7 Å². The maximum Gasteiger partial charge on any atom is 0.342 e. The van der Waals surface area contributed by atoms with E-state index in [1.807, 2.05) is 97.9 Å². The fourth-order valence-corrected chi connectivity index (χ4v) is 3.95. The minimum absolute atomic E-state index is 0.303. The molecule has 0 spiro atoms. The minimum atomic E-state index is -0.508. The molecule has 37 heavy (non-hydrogen) atoms. The lowest BCUT2D eigenvalue weighted by molar-refractivity contribution is 0.0602. The van der Waals surface area contributed by atoms with Crippen LogP contribution in [0.2, 0.25) is 0 Å². The molecule has 2 N–H and O–H groups in total. The van der Waals surface area contributed by atoms with Crippen molar-refractivity contribution in [2.24, 2.45) is 0 Å². The fraction of sp³-hybridized carbons (Fsp3) is 0.0690. The second kappa shape index (κ2) is 10.7. The number of hydrogen-bond acceptors (Lipinski definition) is 8. The van der Waals surface area contributed by atoms with Gasteiger partial charge in [-0.25, -0.2) is 14.8 Å². The Hall–Kier alpha value is -5.11. The van der Waals surface area contributed by atoms with Gasteiger partial charge in [0.25, 0.3) is 0 Å². The van der Waals surface area contributed by atoms with E-state index < -0.39 is 5.97 Å². The predicted molar refractivity (Wildman–Crippen MR) is 144 cm³/mol. The average Bonchev–Trinajstić information content (AvgIpc) is 2.94. The van der Waals surface area contributed by atoms with Gasteiger partial charge in [-0.3, -0.25) is 0 Å². The molecule has 0 saturated heterocycles. The van der Waals surface area contributed by atoms with Crippen LogP contribution in [-0.4, -0.2) is 33.2 Å². The summed E-state index contributed by atoms with van der Waals surface area (Å²) in [5.74, 6) is 0.499. The molecule has 2 aromatic heterocycles. The number of carbonyl (C=O) groups is 1. The summed E-state index contributed by atoms with van der Waals surface area (Å²) in [6, 6.07) is 28.7. The number of carbonyl (C=O) groups excluding carboxylic acids is 1. The van der Waals surface area contributed by atoms with Crippen molar-refractivity contribution in [2.75, 3.05) is 17.7 Å². The van der Waals surface area contributed by atoms with Gasteiger partial charge < -0.3 is 15.4 Å². The number of nitrogens with one attached hydrogen (secondary N) is 2. The molecule has 0 fully saturated rings. The quantitative estimate of drug-likeness (QED) is 0.262. The van der Waals surface area contributed by atoms with E-state index in [4.69, 9.17) is 4.74 Å². The zero-order chi connectivity index (χ0) is 25.6. The van der Waals surface area contributed by atoms with Gasteiger partial charge in [-0.2, -0.15) is 0 Å². The zero-order valence-corrected chi connectivity index (χ0v) is 20.3. The van der Waals surface area contributed by atoms with Crippen LogP contribution in [0.3, 0.4) is 0 Å². The highest BCUT2D eigenvalue weighted by molar-refractivity contribution is 6.05.